The summed E-state index contributed by atoms with van der Waals surface area (Å²) >= 11 is 0. The second-order valence-electron chi connectivity index (χ2n) is 15.2. The molecule has 0 saturated heterocycles. The topological polar surface area (TPSA) is 43.4 Å². The van der Waals surface area contributed by atoms with E-state index in [2.05, 4.69) is 54.5 Å². The third-order valence-corrected chi connectivity index (χ3v) is 12.2. The lowest BCUT2D eigenvalue weighted by atomic mass is 9.43. The first-order valence-electron chi connectivity index (χ1n) is 15.9. The van der Waals surface area contributed by atoms with Crippen molar-refractivity contribution < 1.29 is 14.3 Å². The lowest BCUT2D eigenvalue weighted by Gasteiger charge is -2.62. The van der Waals surface area contributed by atoms with Gasteiger partial charge in [-0.05, 0) is 84.7 Å². The van der Waals surface area contributed by atoms with Crippen molar-refractivity contribution in [3.05, 3.63) is 47.5 Å². The Morgan fingerprint density at radius 3 is 2.36 bits per heavy atom. The standard InChI is InChI=1S/C36H52O3/c1-23(2)12-11-13-24(3)28-22-29(37)32-26-16-17-30-34(4,5)31(39-33(38)25-14-9-8-10-15-25)19-21-35(30,6)27(26)18-20-36(28,32)7/h8-10,14-16,23-24,27-28,30-32H,11-13,17-22H2,1-7H3/t24-,27+,28-,30+,31+,32-,35-,36-/m1/s1. The van der Waals surface area contributed by atoms with Gasteiger partial charge in [0.05, 0.1) is 5.56 Å². The molecule has 0 aromatic heterocycles. The highest BCUT2D eigenvalue weighted by molar-refractivity contribution is 5.89. The Labute approximate surface area is 237 Å². The van der Waals surface area contributed by atoms with E-state index in [4.69, 9.17) is 4.74 Å². The summed E-state index contributed by atoms with van der Waals surface area (Å²) in [7, 11) is 0. The number of carbonyl (C=O) groups excluding carboxylic acids is 2. The number of hydrogen-bond acceptors (Lipinski definition) is 3. The highest BCUT2D eigenvalue weighted by atomic mass is 16.5. The van der Waals surface area contributed by atoms with Crippen LogP contribution in [0.2, 0.25) is 0 Å². The highest BCUT2D eigenvalue weighted by Crippen LogP contribution is 2.68. The van der Waals surface area contributed by atoms with Crippen LogP contribution in [0, 0.1) is 51.8 Å². The van der Waals surface area contributed by atoms with Crippen molar-refractivity contribution in [1.29, 1.82) is 0 Å². The minimum atomic E-state index is -0.206. The van der Waals surface area contributed by atoms with Crippen molar-refractivity contribution in [2.45, 2.75) is 112 Å². The highest BCUT2D eigenvalue weighted by Gasteiger charge is 2.63. The van der Waals surface area contributed by atoms with Gasteiger partial charge >= 0.3 is 5.97 Å². The minimum absolute atomic E-state index is 0.0868. The summed E-state index contributed by atoms with van der Waals surface area (Å²) in [5.74, 6) is 3.21. The van der Waals surface area contributed by atoms with Crippen LogP contribution in [0.3, 0.4) is 0 Å². The average molecular weight is 533 g/mol. The average Bonchev–Trinajstić information content (AvgIpc) is 3.16. The Kier molecular flexibility index (Phi) is 7.70. The van der Waals surface area contributed by atoms with E-state index in [9.17, 15) is 9.59 Å². The Morgan fingerprint density at radius 1 is 0.974 bits per heavy atom. The number of fused-ring (bicyclic) bond motifs is 5. The van der Waals surface area contributed by atoms with Crippen LogP contribution in [0.5, 0.6) is 0 Å². The number of allylic oxidation sites excluding steroid dienone is 2. The van der Waals surface area contributed by atoms with E-state index in [1.807, 2.05) is 30.3 Å². The van der Waals surface area contributed by atoms with Gasteiger partial charge in [-0.2, -0.15) is 0 Å². The van der Waals surface area contributed by atoms with Crippen LogP contribution < -0.4 is 0 Å². The number of hydrogen-bond donors (Lipinski definition) is 0. The van der Waals surface area contributed by atoms with E-state index < -0.39 is 0 Å². The molecule has 0 radical (unpaired) electrons. The molecule has 3 saturated carbocycles. The monoisotopic (exact) mass is 532 g/mol. The molecule has 3 nitrogen and oxygen atoms in total. The SMILES string of the molecule is CC(C)CCC[C@@H](C)[C@H]1CC(=O)[C@H]2C3=CC[C@H]4C(C)(C)[C@@H](OC(=O)c5ccccc5)CC[C@]4(C)[C@H]3CC[C@@]21C. The molecule has 0 amide bonds. The number of carbonyl (C=O) groups is 2. The van der Waals surface area contributed by atoms with E-state index in [-0.39, 0.29) is 34.2 Å². The van der Waals surface area contributed by atoms with Crippen molar-refractivity contribution in [3.63, 3.8) is 0 Å². The quantitative estimate of drug-likeness (QED) is 0.260. The van der Waals surface area contributed by atoms with E-state index in [1.165, 1.54) is 37.7 Å². The van der Waals surface area contributed by atoms with E-state index >= 15 is 0 Å². The van der Waals surface area contributed by atoms with E-state index in [0.29, 0.717) is 35.0 Å². The molecule has 1 aromatic carbocycles. The summed E-state index contributed by atoms with van der Waals surface area (Å²) in [6.07, 6.45) is 12.3. The number of benzene rings is 1. The molecule has 39 heavy (non-hydrogen) atoms. The van der Waals surface area contributed by atoms with Gasteiger partial charge in [0, 0.05) is 17.8 Å². The molecule has 5 rings (SSSR count). The molecule has 0 aliphatic heterocycles. The number of Topliss-reactive ketones (excluding diaryl/α,β-unsaturated/α-hetero) is 1. The summed E-state index contributed by atoms with van der Waals surface area (Å²) in [6, 6.07) is 9.40. The fourth-order valence-electron chi connectivity index (χ4n) is 10.0. The first-order valence-corrected chi connectivity index (χ1v) is 15.9. The van der Waals surface area contributed by atoms with Gasteiger partial charge in [-0.15, -0.1) is 0 Å². The van der Waals surface area contributed by atoms with E-state index in [0.717, 1.165) is 31.6 Å². The molecule has 1 aromatic rings. The van der Waals surface area contributed by atoms with Gasteiger partial charge in [0.15, 0.2) is 0 Å². The van der Waals surface area contributed by atoms with Gasteiger partial charge < -0.3 is 4.74 Å². The van der Waals surface area contributed by atoms with E-state index in [1.54, 1.807) is 0 Å². The molecule has 214 valence electrons. The number of ether oxygens (including phenoxy) is 1. The normalized spacial score (nSPS) is 37.9. The molecule has 0 unspecified atom stereocenters. The third kappa shape index (κ3) is 4.84. The molecule has 0 bridgehead atoms. The summed E-state index contributed by atoms with van der Waals surface area (Å²) in [6.45, 7) is 16.6. The van der Waals surface area contributed by atoms with Crippen molar-refractivity contribution in [3.8, 4) is 0 Å². The Bertz CT molecular complexity index is 1100. The molecule has 4 aliphatic carbocycles. The van der Waals surface area contributed by atoms with Gasteiger partial charge in [0.2, 0.25) is 0 Å². The maximum atomic E-state index is 13.8. The Hall–Kier alpha value is -1.90. The van der Waals surface area contributed by atoms with Crippen molar-refractivity contribution in [2.24, 2.45) is 51.8 Å². The number of ketones is 1. The van der Waals surface area contributed by atoms with Crippen molar-refractivity contribution >= 4 is 11.8 Å². The molecule has 0 spiro atoms. The largest absolute Gasteiger partial charge is 0.458 e. The zero-order valence-electron chi connectivity index (χ0n) is 25.6. The first-order chi connectivity index (χ1) is 18.4. The fraction of sp³-hybridized carbons (Fsp3) is 0.722. The van der Waals surface area contributed by atoms with Crippen molar-refractivity contribution in [2.75, 3.05) is 0 Å². The second kappa shape index (κ2) is 10.5. The van der Waals surface area contributed by atoms with Gasteiger partial charge in [0.1, 0.15) is 11.9 Å². The van der Waals surface area contributed by atoms with Gasteiger partial charge in [-0.3, -0.25) is 4.79 Å². The molecule has 8 atom stereocenters. The number of esters is 1. The third-order valence-electron chi connectivity index (χ3n) is 12.2. The second-order valence-corrected chi connectivity index (χ2v) is 15.2. The molecule has 0 N–H and O–H groups in total. The maximum Gasteiger partial charge on any atom is 0.338 e. The van der Waals surface area contributed by atoms with Crippen LogP contribution >= 0.6 is 0 Å². The van der Waals surface area contributed by atoms with Gasteiger partial charge in [-0.1, -0.05) is 97.6 Å². The minimum Gasteiger partial charge on any atom is -0.458 e. The zero-order chi connectivity index (χ0) is 28.2. The molecule has 0 heterocycles. The summed E-state index contributed by atoms with van der Waals surface area (Å²) in [5.41, 5.74) is 2.25. The predicted octanol–water partition coefficient (Wildman–Crippen LogP) is 9.07. The lowest BCUT2D eigenvalue weighted by molar-refractivity contribution is -0.134. The van der Waals surface area contributed by atoms with Crippen LogP contribution in [-0.2, 0) is 9.53 Å². The summed E-state index contributed by atoms with van der Waals surface area (Å²) in [4.78, 5) is 26.7. The summed E-state index contributed by atoms with van der Waals surface area (Å²) < 4.78 is 6.20. The van der Waals surface area contributed by atoms with Crippen LogP contribution in [0.15, 0.2) is 42.0 Å². The van der Waals surface area contributed by atoms with Crippen LogP contribution in [0.4, 0.5) is 0 Å². The molecule has 4 aliphatic rings. The maximum absolute atomic E-state index is 13.8. The molecule has 3 fully saturated rings. The van der Waals surface area contributed by atoms with Gasteiger partial charge in [0.25, 0.3) is 0 Å². The summed E-state index contributed by atoms with van der Waals surface area (Å²) in [5, 5.41) is 0. The zero-order valence-corrected chi connectivity index (χ0v) is 25.6. The predicted molar refractivity (Wildman–Crippen MR) is 158 cm³/mol. The number of rotatable bonds is 7. The van der Waals surface area contributed by atoms with Crippen LogP contribution in [0.1, 0.15) is 117 Å². The molecular weight excluding hydrogens is 480 g/mol. The molecular formula is C36H52O3. The first kappa shape index (κ1) is 28.6. The fourth-order valence-corrected chi connectivity index (χ4v) is 10.0. The molecule has 3 heteroatoms. The van der Waals surface area contributed by atoms with Crippen LogP contribution in [0.25, 0.3) is 0 Å². The Balaban J connectivity index is 1.36. The van der Waals surface area contributed by atoms with Crippen molar-refractivity contribution in [1.82, 2.24) is 0 Å². The smallest absolute Gasteiger partial charge is 0.338 e. The Morgan fingerprint density at radius 2 is 1.67 bits per heavy atom. The van der Waals surface area contributed by atoms with Gasteiger partial charge in [-0.25, -0.2) is 4.79 Å². The lowest BCUT2D eigenvalue weighted by Crippen LogP contribution is -2.57. The van der Waals surface area contributed by atoms with Crippen LogP contribution in [-0.4, -0.2) is 17.9 Å².